The first-order chi connectivity index (χ1) is 12.9. The Kier molecular flexibility index (Phi) is 6.68. The second-order valence-electron chi connectivity index (χ2n) is 6.10. The summed E-state index contributed by atoms with van der Waals surface area (Å²) in [6.07, 6.45) is 3.69. The topological polar surface area (TPSA) is 25.8 Å². The molecule has 0 saturated carbocycles. The van der Waals surface area contributed by atoms with Crippen molar-refractivity contribution in [2.24, 2.45) is 0 Å². The second kappa shape index (κ2) is 9.39. The largest absolute Gasteiger partial charge is 2.00 e. The molecule has 2 heterocycles. The van der Waals surface area contributed by atoms with Crippen molar-refractivity contribution in [2.45, 2.75) is 12.8 Å². The summed E-state index contributed by atoms with van der Waals surface area (Å²) in [5.41, 5.74) is 6.09. The quantitative estimate of drug-likeness (QED) is 0.333. The number of rotatable bonds is 5. The molecule has 4 aromatic rings. The van der Waals surface area contributed by atoms with Crippen LogP contribution in [0.2, 0.25) is 0 Å². The van der Waals surface area contributed by atoms with Gasteiger partial charge in [-0.2, -0.15) is 35.9 Å². The number of hydrogen-bond acceptors (Lipinski definition) is 2. The minimum atomic E-state index is 0. The van der Waals surface area contributed by atoms with Crippen molar-refractivity contribution < 1.29 is 21.1 Å². The van der Waals surface area contributed by atoms with Gasteiger partial charge in [-0.05, 0) is 36.7 Å². The van der Waals surface area contributed by atoms with Gasteiger partial charge in [-0.15, -0.1) is 35.4 Å². The van der Waals surface area contributed by atoms with E-state index in [0.717, 1.165) is 35.5 Å². The van der Waals surface area contributed by atoms with E-state index in [-0.39, 0.29) is 21.1 Å². The van der Waals surface area contributed by atoms with Crippen LogP contribution >= 0.6 is 0 Å². The van der Waals surface area contributed by atoms with Crippen molar-refractivity contribution in [2.75, 3.05) is 0 Å². The van der Waals surface area contributed by atoms with E-state index >= 15 is 0 Å². The van der Waals surface area contributed by atoms with Gasteiger partial charge in [-0.3, -0.25) is 9.97 Å². The Morgan fingerprint density at radius 1 is 0.667 bits per heavy atom. The van der Waals surface area contributed by atoms with Gasteiger partial charge in [0.2, 0.25) is 0 Å². The van der Waals surface area contributed by atoms with Gasteiger partial charge in [0.15, 0.2) is 0 Å². The maximum absolute atomic E-state index is 4.77. The van der Waals surface area contributed by atoms with Gasteiger partial charge in [0.25, 0.3) is 0 Å². The zero-order chi connectivity index (χ0) is 17.6. The summed E-state index contributed by atoms with van der Waals surface area (Å²) >= 11 is 0. The Morgan fingerprint density at radius 3 is 2.22 bits per heavy atom. The minimum absolute atomic E-state index is 0. The van der Waals surface area contributed by atoms with Crippen LogP contribution < -0.4 is 0 Å². The molecule has 0 aliphatic rings. The third-order valence-corrected chi connectivity index (χ3v) is 4.25. The fraction of sp³-hybridized carbons (Fsp3) is 0.0833. The van der Waals surface area contributed by atoms with E-state index in [0.29, 0.717) is 0 Å². The number of hydrogen-bond donors (Lipinski definition) is 0. The van der Waals surface area contributed by atoms with Crippen molar-refractivity contribution in [1.29, 1.82) is 0 Å². The van der Waals surface area contributed by atoms with Crippen LogP contribution in [0, 0.1) is 12.1 Å². The minimum Gasteiger partial charge on any atom is -0.295 e. The van der Waals surface area contributed by atoms with E-state index < -0.39 is 0 Å². The monoisotopic (exact) mass is 529 g/mol. The van der Waals surface area contributed by atoms with Crippen LogP contribution in [-0.2, 0) is 33.9 Å². The van der Waals surface area contributed by atoms with Gasteiger partial charge >= 0.3 is 21.1 Å². The molecule has 134 valence electrons. The molecular formula is C24H18N2Pt. The van der Waals surface area contributed by atoms with Crippen molar-refractivity contribution >= 4 is 0 Å². The first kappa shape index (κ1) is 19.2. The van der Waals surface area contributed by atoms with Crippen molar-refractivity contribution in [3.63, 3.8) is 0 Å². The predicted molar refractivity (Wildman–Crippen MR) is 104 cm³/mol. The molecule has 0 fully saturated rings. The zero-order valence-electron chi connectivity index (χ0n) is 14.7. The molecule has 0 amide bonds. The second-order valence-corrected chi connectivity index (χ2v) is 6.10. The fourth-order valence-corrected chi connectivity index (χ4v) is 2.91. The van der Waals surface area contributed by atoms with E-state index in [2.05, 4.69) is 47.4 Å². The van der Waals surface area contributed by atoms with Crippen molar-refractivity contribution in [1.82, 2.24) is 9.97 Å². The molecule has 0 bridgehead atoms. The fourth-order valence-electron chi connectivity index (χ4n) is 2.91. The SMILES string of the molecule is [Pt+2].[c-]1ccccc1CCc1[c-]c(-c2cccc(-c3ccccn3)n2)ccc1. The van der Waals surface area contributed by atoms with Crippen LogP contribution in [-0.4, -0.2) is 9.97 Å². The molecule has 0 radical (unpaired) electrons. The molecule has 0 aliphatic heterocycles. The molecule has 27 heavy (non-hydrogen) atoms. The van der Waals surface area contributed by atoms with Crippen molar-refractivity contribution in [3.05, 3.63) is 108 Å². The molecule has 0 unspecified atom stereocenters. The Labute approximate surface area is 174 Å². The van der Waals surface area contributed by atoms with Crippen LogP contribution in [0.1, 0.15) is 11.1 Å². The predicted octanol–water partition coefficient (Wildman–Crippen LogP) is 5.19. The molecule has 0 N–H and O–H groups in total. The van der Waals surface area contributed by atoms with Gasteiger partial charge in [0.1, 0.15) is 0 Å². The molecule has 0 spiro atoms. The molecule has 3 heteroatoms. The molecule has 4 rings (SSSR count). The number of aryl methyl sites for hydroxylation is 2. The number of benzene rings is 2. The third-order valence-electron chi connectivity index (χ3n) is 4.25. The van der Waals surface area contributed by atoms with E-state index in [1.165, 1.54) is 11.1 Å². The molecule has 2 aromatic heterocycles. The first-order valence-electron chi connectivity index (χ1n) is 8.74. The summed E-state index contributed by atoms with van der Waals surface area (Å²) in [6.45, 7) is 0. The van der Waals surface area contributed by atoms with Crippen LogP contribution in [0.15, 0.2) is 85.1 Å². The zero-order valence-corrected chi connectivity index (χ0v) is 17.0. The molecule has 2 aromatic carbocycles. The van der Waals surface area contributed by atoms with Gasteiger partial charge in [0, 0.05) is 6.20 Å². The Hall–Kier alpha value is -2.57. The Balaban J connectivity index is 0.00000210. The summed E-state index contributed by atoms with van der Waals surface area (Å²) in [5.74, 6) is 0. The molecular weight excluding hydrogens is 511 g/mol. The average molecular weight is 530 g/mol. The van der Waals surface area contributed by atoms with E-state index in [9.17, 15) is 0 Å². The van der Waals surface area contributed by atoms with Crippen LogP contribution in [0.5, 0.6) is 0 Å². The molecule has 2 nitrogen and oxygen atoms in total. The van der Waals surface area contributed by atoms with Crippen molar-refractivity contribution in [3.8, 4) is 22.6 Å². The van der Waals surface area contributed by atoms with Crippen LogP contribution in [0.3, 0.4) is 0 Å². The average Bonchev–Trinajstić information content (AvgIpc) is 2.74. The van der Waals surface area contributed by atoms with E-state index in [1.807, 2.05) is 48.5 Å². The Bertz CT molecular complexity index is 985. The summed E-state index contributed by atoms with van der Waals surface area (Å²) in [5, 5.41) is 0. The standard InChI is InChI=1S/C24H18N2.Pt/c1-2-8-19(9-3-1)15-16-20-10-6-11-21(18-20)22-13-7-14-24(26-22)23-12-4-5-17-25-23;/h1-8,10-14,17H,15-16H2;/q-2;+2. The summed E-state index contributed by atoms with van der Waals surface area (Å²) in [6, 6.07) is 33.1. The van der Waals surface area contributed by atoms with E-state index in [1.54, 1.807) is 6.20 Å². The maximum atomic E-state index is 4.77. The first-order valence-corrected chi connectivity index (χ1v) is 8.74. The number of nitrogens with zero attached hydrogens (tertiary/aromatic N) is 2. The summed E-state index contributed by atoms with van der Waals surface area (Å²) < 4.78 is 0. The number of pyridine rings is 2. The summed E-state index contributed by atoms with van der Waals surface area (Å²) in [4.78, 5) is 9.16. The van der Waals surface area contributed by atoms with Crippen LogP contribution in [0.25, 0.3) is 22.6 Å². The smallest absolute Gasteiger partial charge is 0.295 e. The molecule has 0 saturated heterocycles. The van der Waals surface area contributed by atoms with Crippen LogP contribution in [0.4, 0.5) is 0 Å². The van der Waals surface area contributed by atoms with Gasteiger partial charge in [0.05, 0.1) is 11.4 Å². The maximum Gasteiger partial charge on any atom is 2.00 e. The summed E-state index contributed by atoms with van der Waals surface area (Å²) in [7, 11) is 0. The Morgan fingerprint density at radius 2 is 1.41 bits per heavy atom. The third kappa shape index (κ3) is 4.99. The molecule has 0 atom stereocenters. The number of aromatic nitrogens is 2. The van der Waals surface area contributed by atoms with Gasteiger partial charge in [-0.1, -0.05) is 18.2 Å². The van der Waals surface area contributed by atoms with E-state index in [4.69, 9.17) is 4.98 Å². The molecule has 0 aliphatic carbocycles. The van der Waals surface area contributed by atoms with Gasteiger partial charge in [-0.25, -0.2) is 0 Å². The normalized spacial score (nSPS) is 10.2. The van der Waals surface area contributed by atoms with Gasteiger partial charge < -0.3 is 0 Å².